The molecule has 0 bridgehead atoms. The lowest BCUT2D eigenvalue weighted by molar-refractivity contribution is -0.143. The van der Waals surface area contributed by atoms with E-state index < -0.39 is 11.9 Å². The molecule has 1 aliphatic rings. The van der Waals surface area contributed by atoms with Crippen molar-refractivity contribution in [2.24, 2.45) is 5.92 Å². The van der Waals surface area contributed by atoms with E-state index in [1.807, 2.05) is 43.3 Å². The highest BCUT2D eigenvalue weighted by molar-refractivity contribution is 6.31. The summed E-state index contributed by atoms with van der Waals surface area (Å²) in [5, 5.41) is 9.80. The summed E-state index contributed by atoms with van der Waals surface area (Å²) in [5.74, 6) is -1.19. The number of nitrogens with zero attached hydrogens (tertiary/aromatic N) is 2. The van der Waals surface area contributed by atoms with Gasteiger partial charge in [-0.25, -0.2) is 4.79 Å². The molecule has 3 rings (SSSR count). The molecule has 5 nitrogen and oxygen atoms in total. The van der Waals surface area contributed by atoms with Gasteiger partial charge in [0.05, 0.1) is 17.3 Å². The molecule has 26 heavy (non-hydrogen) atoms. The molecule has 2 aromatic rings. The zero-order valence-electron chi connectivity index (χ0n) is 14.5. The van der Waals surface area contributed by atoms with Crippen LogP contribution in [0.4, 0.5) is 16.2 Å². The van der Waals surface area contributed by atoms with Crippen LogP contribution in [0.5, 0.6) is 0 Å². The van der Waals surface area contributed by atoms with E-state index >= 15 is 0 Å². The first-order valence-corrected chi connectivity index (χ1v) is 8.99. The Balaban J connectivity index is 1.92. The molecule has 0 aliphatic carbocycles. The Morgan fingerprint density at radius 3 is 2.42 bits per heavy atom. The van der Waals surface area contributed by atoms with E-state index in [4.69, 9.17) is 11.6 Å². The Hall–Kier alpha value is -2.53. The predicted molar refractivity (Wildman–Crippen MR) is 102 cm³/mol. The highest BCUT2D eigenvalue weighted by Crippen LogP contribution is 2.31. The zero-order chi connectivity index (χ0) is 18.7. The number of hydrogen-bond donors (Lipinski definition) is 1. The highest BCUT2D eigenvalue weighted by Gasteiger charge is 2.35. The van der Waals surface area contributed by atoms with Crippen molar-refractivity contribution in [1.82, 2.24) is 4.90 Å². The third kappa shape index (κ3) is 3.83. The van der Waals surface area contributed by atoms with E-state index in [2.05, 4.69) is 0 Å². The van der Waals surface area contributed by atoms with E-state index in [0.29, 0.717) is 30.1 Å². The zero-order valence-corrected chi connectivity index (χ0v) is 15.3. The number of anilines is 2. The average molecular weight is 373 g/mol. The number of benzene rings is 2. The van der Waals surface area contributed by atoms with Crippen molar-refractivity contribution in [2.75, 3.05) is 11.4 Å². The summed E-state index contributed by atoms with van der Waals surface area (Å²) in [6, 6.07) is 16.2. The van der Waals surface area contributed by atoms with E-state index in [9.17, 15) is 14.7 Å². The minimum atomic E-state index is -0.793. The van der Waals surface area contributed by atoms with Crippen LogP contribution in [0.2, 0.25) is 5.02 Å². The number of aliphatic carboxylic acids is 1. The van der Waals surface area contributed by atoms with E-state index in [1.165, 1.54) is 0 Å². The second-order valence-corrected chi connectivity index (χ2v) is 6.97. The fourth-order valence-corrected chi connectivity index (χ4v) is 3.56. The molecule has 136 valence electrons. The molecule has 2 atom stereocenters. The smallest absolute Gasteiger partial charge is 0.329 e. The van der Waals surface area contributed by atoms with Crippen LogP contribution in [0, 0.1) is 5.92 Å². The fourth-order valence-electron chi connectivity index (χ4n) is 3.37. The number of urea groups is 1. The Bertz CT molecular complexity index is 797. The summed E-state index contributed by atoms with van der Waals surface area (Å²) in [5.41, 5.74) is 1.42. The number of hydrogen-bond acceptors (Lipinski definition) is 2. The van der Waals surface area contributed by atoms with Crippen LogP contribution in [0.25, 0.3) is 0 Å². The van der Waals surface area contributed by atoms with Crippen molar-refractivity contribution in [3.05, 3.63) is 59.6 Å². The van der Waals surface area contributed by atoms with Gasteiger partial charge in [0.15, 0.2) is 0 Å². The lowest BCUT2D eigenvalue weighted by atomic mass is 9.92. The number of carboxylic acids is 1. The van der Waals surface area contributed by atoms with Gasteiger partial charge in [-0.15, -0.1) is 0 Å². The second-order valence-electron chi connectivity index (χ2n) is 6.54. The van der Waals surface area contributed by atoms with E-state index in [0.717, 1.165) is 5.69 Å². The summed E-state index contributed by atoms with van der Waals surface area (Å²) in [4.78, 5) is 28.0. The maximum atomic E-state index is 13.4. The molecule has 0 aromatic heterocycles. The summed E-state index contributed by atoms with van der Waals surface area (Å²) < 4.78 is 0. The van der Waals surface area contributed by atoms with Crippen molar-refractivity contribution < 1.29 is 14.7 Å². The number of carboxylic acid groups (broad SMARTS) is 1. The maximum absolute atomic E-state index is 13.4. The Kier molecular flexibility index (Phi) is 5.47. The average Bonchev–Trinajstić information content (AvgIpc) is 2.62. The van der Waals surface area contributed by atoms with Crippen LogP contribution in [-0.4, -0.2) is 34.6 Å². The molecule has 6 heteroatoms. The van der Waals surface area contributed by atoms with Gasteiger partial charge in [0.1, 0.15) is 0 Å². The minimum Gasteiger partial charge on any atom is -0.481 e. The summed E-state index contributed by atoms with van der Waals surface area (Å²) in [6.45, 7) is 2.31. The van der Waals surface area contributed by atoms with Gasteiger partial charge in [0.25, 0.3) is 0 Å². The van der Waals surface area contributed by atoms with Gasteiger partial charge in [0, 0.05) is 17.6 Å². The normalized spacial score (nSPS) is 19.8. The molecular weight excluding hydrogens is 352 g/mol. The first kappa shape index (κ1) is 18.3. The van der Waals surface area contributed by atoms with Crippen molar-refractivity contribution >= 4 is 35.0 Å². The van der Waals surface area contributed by atoms with Gasteiger partial charge in [0.2, 0.25) is 0 Å². The summed E-state index contributed by atoms with van der Waals surface area (Å²) >= 11 is 6.13. The molecule has 1 fully saturated rings. The number of piperidine rings is 1. The van der Waals surface area contributed by atoms with Crippen molar-refractivity contribution in [3.63, 3.8) is 0 Å². The third-order valence-corrected chi connectivity index (χ3v) is 4.98. The fraction of sp³-hybridized carbons (Fsp3) is 0.300. The molecular formula is C20H21ClN2O3. The quantitative estimate of drug-likeness (QED) is 0.843. The number of halogens is 1. The first-order chi connectivity index (χ1) is 12.5. The number of amides is 2. The topological polar surface area (TPSA) is 60.9 Å². The SMILES string of the molecule is C[C@H]1C[C@H](C(=O)O)CCN1C(=O)N(c1ccccc1)c1cccc(Cl)c1. The van der Waals surface area contributed by atoms with Gasteiger partial charge in [-0.1, -0.05) is 35.9 Å². The first-order valence-electron chi connectivity index (χ1n) is 8.61. The standard InChI is InChI=1S/C20H21ClN2O3/c1-14-12-15(19(24)25)10-11-22(14)20(26)23(17-7-3-2-4-8-17)18-9-5-6-16(21)13-18/h2-9,13-15H,10-12H2,1H3,(H,24,25)/t14-,15+/m0/s1. The predicted octanol–water partition coefficient (Wildman–Crippen LogP) is 4.78. The maximum Gasteiger partial charge on any atom is 0.329 e. The lowest BCUT2D eigenvalue weighted by Crippen LogP contribution is -2.50. The Labute approximate surface area is 157 Å². The molecule has 0 radical (unpaired) electrons. The van der Waals surface area contributed by atoms with Gasteiger partial charge in [-0.3, -0.25) is 9.69 Å². The Morgan fingerprint density at radius 2 is 1.81 bits per heavy atom. The molecule has 0 spiro atoms. The molecule has 2 amide bonds. The molecule has 1 heterocycles. The van der Waals surface area contributed by atoms with Crippen LogP contribution in [-0.2, 0) is 4.79 Å². The van der Waals surface area contributed by atoms with Crippen LogP contribution >= 0.6 is 11.6 Å². The monoisotopic (exact) mass is 372 g/mol. The van der Waals surface area contributed by atoms with Crippen molar-refractivity contribution in [2.45, 2.75) is 25.8 Å². The molecule has 0 saturated carbocycles. The summed E-state index contributed by atoms with van der Waals surface area (Å²) in [6.07, 6.45) is 0.919. The number of para-hydroxylation sites is 1. The number of likely N-dealkylation sites (tertiary alicyclic amines) is 1. The van der Waals surface area contributed by atoms with Crippen LogP contribution < -0.4 is 4.90 Å². The van der Waals surface area contributed by atoms with Crippen LogP contribution in [0.3, 0.4) is 0 Å². The van der Waals surface area contributed by atoms with Gasteiger partial charge < -0.3 is 10.0 Å². The highest BCUT2D eigenvalue weighted by atomic mass is 35.5. The van der Waals surface area contributed by atoms with E-state index in [1.54, 1.807) is 28.0 Å². The van der Waals surface area contributed by atoms with Crippen molar-refractivity contribution in [1.29, 1.82) is 0 Å². The third-order valence-electron chi connectivity index (χ3n) is 4.74. The molecule has 1 saturated heterocycles. The largest absolute Gasteiger partial charge is 0.481 e. The number of carbonyl (C=O) groups is 2. The molecule has 2 aromatic carbocycles. The molecule has 1 aliphatic heterocycles. The summed E-state index contributed by atoms with van der Waals surface area (Å²) in [7, 11) is 0. The van der Waals surface area contributed by atoms with Gasteiger partial charge in [-0.05, 0) is 50.1 Å². The van der Waals surface area contributed by atoms with Gasteiger partial charge in [-0.2, -0.15) is 0 Å². The minimum absolute atomic E-state index is 0.150. The molecule has 1 N–H and O–H groups in total. The van der Waals surface area contributed by atoms with Crippen LogP contribution in [0.1, 0.15) is 19.8 Å². The van der Waals surface area contributed by atoms with Gasteiger partial charge >= 0.3 is 12.0 Å². The van der Waals surface area contributed by atoms with Crippen LogP contribution in [0.15, 0.2) is 54.6 Å². The Morgan fingerprint density at radius 1 is 1.12 bits per heavy atom. The number of rotatable bonds is 3. The second kappa shape index (κ2) is 7.79. The molecule has 0 unspecified atom stereocenters. The van der Waals surface area contributed by atoms with E-state index in [-0.39, 0.29) is 12.1 Å². The lowest BCUT2D eigenvalue weighted by Gasteiger charge is -2.39. The van der Waals surface area contributed by atoms with Crippen molar-refractivity contribution in [3.8, 4) is 0 Å². The number of carbonyl (C=O) groups excluding carboxylic acids is 1.